The molecule has 0 saturated carbocycles. The van der Waals surface area contributed by atoms with Crippen LogP contribution in [0.3, 0.4) is 0 Å². The Morgan fingerprint density at radius 2 is 2.06 bits per heavy atom. The maximum absolute atomic E-state index is 12.8. The second kappa shape index (κ2) is 4.09. The van der Waals surface area contributed by atoms with Gasteiger partial charge in [-0.15, -0.1) is 11.3 Å². The number of nitrogens with zero attached hydrogens (tertiary/aromatic N) is 2. The van der Waals surface area contributed by atoms with E-state index in [-0.39, 0.29) is 5.82 Å². The van der Waals surface area contributed by atoms with Crippen LogP contribution in [-0.4, -0.2) is 9.88 Å². The lowest BCUT2D eigenvalue weighted by Crippen LogP contribution is -2.16. The molecule has 1 aromatic heterocycles. The molecule has 0 radical (unpaired) electrons. The number of hydrogen-bond acceptors (Lipinski definition) is 4. The average molecular weight is 249 g/mol. The first kappa shape index (κ1) is 10.7. The third-order valence-electron chi connectivity index (χ3n) is 2.85. The number of nitrogen functional groups attached to an aromatic ring is 1. The van der Waals surface area contributed by atoms with Crippen molar-refractivity contribution in [2.45, 2.75) is 19.6 Å². The van der Waals surface area contributed by atoms with Crippen molar-refractivity contribution in [1.82, 2.24) is 9.88 Å². The van der Waals surface area contributed by atoms with Crippen LogP contribution in [0.5, 0.6) is 0 Å². The zero-order chi connectivity index (χ0) is 11.8. The van der Waals surface area contributed by atoms with Crippen LogP contribution in [0.2, 0.25) is 0 Å². The molecule has 0 fully saturated rings. The van der Waals surface area contributed by atoms with Gasteiger partial charge in [-0.3, -0.25) is 4.90 Å². The first-order valence-electron chi connectivity index (χ1n) is 5.41. The van der Waals surface area contributed by atoms with Crippen molar-refractivity contribution >= 4 is 16.5 Å². The van der Waals surface area contributed by atoms with Gasteiger partial charge in [0.1, 0.15) is 5.82 Å². The molecule has 1 aliphatic rings. The summed E-state index contributed by atoms with van der Waals surface area (Å²) in [6, 6.07) is 6.64. The molecule has 5 heteroatoms. The molecule has 0 amide bonds. The van der Waals surface area contributed by atoms with Crippen molar-refractivity contribution in [2.24, 2.45) is 0 Å². The topological polar surface area (TPSA) is 42.1 Å². The molecule has 0 bridgehead atoms. The summed E-state index contributed by atoms with van der Waals surface area (Å²) < 4.78 is 12.8. The molecule has 3 nitrogen and oxygen atoms in total. The molecule has 1 aromatic carbocycles. The lowest BCUT2D eigenvalue weighted by molar-refractivity contribution is 0.274. The second-order valence-corrected chi connectivity index (χ2v) is 5.31. The van der Waals surface area contributed by atoms with Gasteiger partial charge in [-0.25, -0.2) is 9.37 Å². The monoisotopic (exact) mass is 249 g/mol. The predicted molar refractivity (Wildman–Crippen MR) is 65.9 cm³/mol. The maximum atomic E-state index is 12.8. The quantitative estimate of drug-likeness (QED) is 0.888. The van der Waals surface area contributed by atoms with Crippen molar-refractivity contribution in [3.8, 4) is 0 Å². The minimum absolute atomic E-state index is 0.191. The number of rotatable bonds is 2. The van der Waals surface area contributed by atoms with Gasteiger partial charge in [-0.05, 0) is 17.7 Å². The third kappa shape index (κ3) is 2.16. The van der Waals surface area contributed by atoms with Crippen LogP contribution < -0.4 is 5.73 Å². The van der Waals surface area contributed by atoms with Gasteiger partial charge in [-0.1, -0.05) is 12.1 Å². The lowest BCUT2D eigenvalue weighted by atomic mass is 10.2. The Labute approximate surface area is 103 Å². The van der Waals surface area contributed by atoms with Crippen LogP contribution in [-0.2, 0) is 19.6 Å². The third-order valence-corrected chi connectivity index (χ3v) is 3.77. The molecule has 0 saturated heterocycles. The molecule has 0 unspecified atom stereocenters. The fraction of sp³-hybridized carbons (Fsp3) is 0.250. The SMILES string of the molecule is Nc1nc2c(s1)CN(Cc1ccc(F)cc1)C2. The van der Waals surface area contributed by atoms with E-state index < -0.39 is 0 Å². The van der Waals surface area contributed by atoms with Crippen molar-refractivity contribution in [1.29, 1.82) is 0 Å². The van der Waals surface area contributed by atoms with Crippen LogP contribution >= 0.6 is 11.3 Å². The van der Waals surface area contributed by atoms with E-state index in [0.29, 0.717) is 5.13 Å². The largest absolute Gasteiger partial charge is 0.375 e. The molecule has 17 heavy (non-hydrogen) atoms. The van der Waals surface area contributed by atoms with Crippen LogP contribution in [0, 0.1) is 5.82 Å². The van der Waals surface area contributed by atoms with E-state index >= 15 is 0 Å². The van der Waals surface area contributed by atoms with Gasteiger partial charge in [0.25, 0.3) is 0 Å². The highest BCUT2D eigenvalue weighted by Gasteiger charge is 2.22. The molecular formula is C12H12FN3S. The lowest BCUT2D eigenvalue weighted by Gasteiger charge is -2.14. The normalized spacial score (nSPS) is 15.1. The minimum Gasteiger partial charge on any atom is -0.375 e. The first-order valence-corrected chi connectivity index (χ1v) is 6.23. The number of nitrogens with two attached hydrogens (primary N) is 1. The fourth-order valence-electron chi connectivity index (χ4n) is 2.08. The smallest absolute Gasteiger partial charge is 0.180 e. The van der Waals surface area contributed by atoms with Gasteiger partial charge in [0, 0.05) is 24.5 Å². The summed E-state index contributed by atoms with van der Waals surface area (Å²) in [5.74, 6) is -0.191. The Kier molecular flexibility index (Phi) is 2.57. The number of halogens is 1. The van der Waals surface area contributed by atoms with Crippen molar-refractivity contribution in [2.75, 3.05) is 5.73 Å². The van der Waals surface area contributed by atoms with Gasteiger partial charge in [0.05, 0.1) is 5.69 Å². The molecule has 88 valence electrons. The van der Waals surface area contributed by atoms with Gasteiger partial charge in [0.15, 0.2) is 5.13 Å². The standard InChI is InChI=1S/C12H12FN3S/c13-9-3-1-8(2-4-9)5-16-6-10-11(7-16)17-12(14)15-10/h1-4H,5-7H2,(H2,14,15). The van der Waals surface area contributed by atoms with E-state index in [4.69, 9.17) is 5.73 Å². The van der Waals surface area contributed by atoms with Crippen LogP contribution in [0.25, 0.3) is 0 Å². The molecule has 2 N–H and O–H groups in total. The molecule has 0 aliphatic carbocycles. The van der Waals surface area contributed by atoms with Crippen LogP contribution in [0.1, 0.15) is 16.1 Å². The predicted octanol–water partition coefficient (Wildman–Crippen LogP) is 2.38. The van der Waals surface area contributed by atoms with E-state index in [9.17, 15) is 4.39 Å². The number of hydrogen-bond donors (Lipinski definition) is 1. The molecule has 1 aliphatic heterocycles. The summed E-state index contributed by atoms with van der Waals surface area (Å²) in [5, 5.41) is 0.649. The highest BCUT2D eigenvalue weighted by Crippen LogP contribution is 2.30. The van der Waals surface area contributed by atoms with E-state index in [1.165, 1.54) is 17.0 Å². The first-order chi connectivity index (χ1) is 8.20. The van der Waals surface area contributed by atoms with Gasteiger partial charge in [0.2, 0.25) is 0 Å². The summed E-state index contributed by atoms with van der Waals surface area (Å²) in [6.07, 6.45) is 0. The van der Waals surface area contributed by atoms with Crippen LogP contribution in [0.4, 0.5) is 9.52 Å². The summed E-state index contributed by atoms with van der Waals surface area (Å²) in [5.41, 5.74) is 7.86. The van der Waals surface area contributed by atoms with E-state index in [1.807, 2.05) is 12.1 Å². The van der Waals surface area contributed by atoms with E-state index in [2.05, 4.69) is 9.88 Å². The fourth-order valence-corrected chi connectivity index (χ4v) is 2.96. The molecule has 2 aromatic rings. The molecular weight excluding hydrogens is 237 g/mol. The van der Waals surface area contributed by atoms with Crippen LogP contribution in [0.15, 0.2) is 24.3 Å². The second-order valence-electron chi connectivity index (χ2n) is 4.19. The van der Waals surface area contributed by atoms with Crippen molar-refractivity contribution in [3.05, 3.63) is 46.2 Å². The Morgan fingerprint density at radius 3 is 2.76 bits per heavy atom. The summed E-state index contributed by atoms with van der Waals surface area (Å²) in [6.45, 7) is 2.55. The molecule has 0 spiro atoms. The van der Waals surface area contributed by atoms with Gasteiger partial charge >= 0.3 is 0 Å². The number of thiazole rings is 1. The minimum atomic E-state index is -0.191. The zero-order valence-electron chi connectivity index (χ0n) is 9.19. The Hall–Kier alpha value is -1.46. The Morgan fingerprint density at radius 1 is 1.29 bits per heavy atom. The highest BCUT2D eigenvalue weighted by atomic mass is 32.1. The Balaban J connectivity index is 1.69. The number of anilines is 1. The number of benzene rings is 1. The zero-order valence-corrected chi connectivity index (χ0v) is 10.0. The van der Waals surface area contributed by atoms with Crippen molar-refractivity contribution < 1.29 is 4.39 Å². The highest BCUT2D eigenvalue weighted by molar-refractivity contribution is 7.15. The maximum Gasteiger partial charge on any atom is 0.180 e. The summed E-state index contributed by atoms with van der Waals surface area (Å²) in [4.78, 5) is 7.82. The van der Waals surface area contributed by atoms with E-state index in [1.54, 1.807) is 11.3 Å². The van der Waals surface area contributed by atoms with E-state index in [0.717, 1.165) is 30.9 Å². The Bertz CT molecular complexity index is 512. The number of fused-ring (bicyclic) bond motifs is 1. The molecule has 0 atom stereocenters. The molecule has 3 rings (SSSR count). The van der Waals surface area contributed by atoms with Gasteiger partial charge in [-0.2, -0.15) is 0 Å². The summed E-state index contributed by atoms with van der Waals surface area (Å²) in [7, 11) is 0. The molecule has 2 heterocycles. The van der Waals surface area contributed by atoms with Crippen molar-refractivity contribution in [3.63, 3.8) is 0 Å². The summed E-state index contributed by atoms with van der Waals surface area (Å²) >= 11 is 1.56. The number of aromatic nitrogens is 1. The average Bonchev–Trinajstić information content (AvgIpc) is 2.78. The van der Waals surface area contributed by atoms with Gasteiger partial charge < -0.3 is 5.73 Å².